The van der Waals surface area contributed by atoms with E-state index >= 15 is 0 Å². The molecule has 1 amide bonds. The van der Waals surface area contributed by atoms with E-state index in [9.17, 15) is 14.9 Å². The number of benzene rings is 2. The summed E-state index contributed by atoms with van der Waals surface area (Å²) in [5, 5.41) is 10.9. The quantitative estimate of drug-likeness (QED) is 0.261. The highest BCUT2D eigenvalue weighted by Gasteiger charge is 2.21. The smallest absolute Gasteiger partial charge is 0.271 e. The molecule has 148 valence electrons. The highest BCUT2D eigenvalue weighted by molar-refractivity contribution is 14.1. The molecule has 0 spiro atoms. The van der Waals surface area contributed by atoms with Gasteiger partial charge in [0.2, 0.25) is 0 Å². The number of carbonyl (C=O) groups is 1. The Kier molecular flexibility index (Phi) is 5.66. The second kappa shape index (κ2) is 8.54. The topological polar surface area (TPSA) is 88.2 Å². The minimum Gasteiger partial charge on any atom is -0.327 e. The van der Waals surface area contributed by atoms with E-state index in [2.05, 4.69) is 32.6 Å². The molecule has 0 bridgehead atoms. The van der Waals surface area contributed by atoms with Gasteiger partial charge in [-0.15, -0.1) is 0 Å². The number of carbonyl (C=O) groups excluding carboxylic acids is 1. The molecule has 7 nitrogen and oxygen atoms in total. The summed E-state index contributed by atoms with van der Waals surface area (Å²) in [5.74, 6) is 0.557. The van der Waals surface area contributed by atoms with E-state index in [1.165, 1.54) is 24.3 Å². The molecule has 30 heavy (non-hydrogen) atoms. The largest absolute Gasteiger partial charge is 0.327 e. The Bertz CT molecular complexity index is 1190. The lowest BCUT2D eigenvalue weighted by molar-refractivity contribution is -0.384. The number of non-ortho nitro benzene ring substituents is 1. The van der Waals surface area contributed by atoms with Crippen molar-refractivity contribution in [3.05, 3.63) is 103 Å². The van der Waals surface area contributed by atoms with Crippen molar-refractivity contribution in [3.63, 3.8) is 0 Å². The Morgan fingerprint density at radius 2 is 2.03 bits per heavy atom. The number of allylic oxidation sites excluding steroid dienone is 2. The van der Waals surface area contributed by atoms with Gasteiger partial charge in [0.05, 0.1) is 4.92 Å². The zero-order valence-corrected chi connectivity index (χ0v) is 17.8. The summed E-state index contributed by atoms with van der Waals surface area (Å²) < 4.78 is 1.08. The third-order valence-corrected chi connectivity index (χ3v) is 5.14. The summed E-state index contributed by atoms with van der Waals surface area (Å²) in [6, 6.07) is 13.8. The van der Waals surface area contributed by atoms with E-state index in [1.54, 1.807) is 12.1 Å². The minimum absolute atomic E-state index is 0.0353. The normalized spacial score (nSPS) is 16.6. The van der Waals surface area contributed by atoms with Crippen molar-refractivity contribution in [1.29, 1.82) is 0 Å². The number of rotatable bonds is 3. The first kappa shape index (κ1) is 19.9. The molecule has 0 aliphatic carbocycles. The van der Waals surface area contributed by atoms with Crippen LogP contribution in [0.5, 0.6) is 0 Å². The van der Waals surface area contributed by atoms with E-state index < -0.39 is 10.8 Å². The SMILES string of the molecule is O=C(C=Cc1cccc([N+](=O)[O-])c1)N=C1N=C2C=CC(I)=CN2Cc2ccccc21. The third kappa shape index (κ3) is 4.43. The van der Waals surface area contributed by atoms with Crippen LogP contribution in [0.2, 0.25) is 0 Å². The van der Waals surface area contributed by atoms with Crippen molar-refractivity contribution in [2.24, 2.45) is 9.98 Å². The second-order valence-electron chi connectivity index (χ2n) is 6.56. The number of hydrogen-bond donors (Lipinski definition) is 0. The molecular formula is C22H15IN4O3. The van der Waals surface area contributed by atoms with Crippen molar-refractivity contribution in [3.8, 4) is 0 Å². The number of fused-ring (bicyclic) bond motifs is 2. The van der Waals surface area contributed by atoms with E-state index in [4.69, 9.17) is 0 Å². The summed E-state index contributed by atoms with van der Waals surface area (Å²) in [6.45, 7) is 0.628. The van der Waals surface area contributed by atoms with Crippen LogP contribution in [-0.2, 0) is 11.3 Å². The summed E-state index contributed by atoms with van der Waals surface area (Å²) in [7, 11) is 0. The van der Waals surface area contributed by atoms with Crippen LogP contribution in [0.1, 0.15) is 16.7 Å². The van der Waals surface area contributed by atoms with Gasteiger partial charge in [-0.3, -0.25) is 14.9 Å². The average Bonchev–Trinajstić information content (AvgIpc) is 2.88. The number of hydrogen-bond acceptors (Lipinski definition) is 4. The Labute approximate surface area is 186 Å². The molecule has 2 heterocycles. The number of nitro groups is 1. The maximum atomic E-state index is 12.5. The van der Waals surface area contributed by atoms with Crippen LogP contribution < -0.4 is 0 Å². The Hall–Kier alpha value is -3.40. The van der Waals surface area contributed by atoms with E-state index in [-0.39, 0.29) is 5.69 Å². The van der Waals surface area contributed by atoms with Crippen LogP contribution in [0.3, 0.4) is 0 Å². The lowest BCUT2D eigenvalue weighted by Gasteiger charge is -2.21. The highest BCUT2D eigenvalue weighted by Crippen LogP contribution is 2.24. The molecule has 2 aromatic rings. The van der Waals surface area contributed by atoms with Crippen LogP contribution in [-0.4, -0.2) is 27.4 Å². The van der Waals surface area contributed by atoms with Gasteiger partial charge in [0, 0.05) is 40.1 Å². The number of nitro benzene ring substituents is 1. The molecule has 0 saturated carbocycles. The summed E-state index contributed by atoms with van der Waals surface area (Å²) in [6.07, 6.45) is 8.65. The molecule has 2 aliphatic heterocycles. The molecular weight excluding hydrogens is 495 g/mol. The maximum absolute atomic E-state index is 12.5. The first-order valence-corrected chi connectivity index (χ1v) is 10.1. The zero-order valence-electron chi connectivity index (χ0n) is 15.6. The standard InChI is InChI=1S/C22H15IN4O3/c23-17-9-10-20-24-22(19-7-2-1-5-16(19)13-26(20)14-17)25-21(28)11-8-15-4-3-6-18(12-15)27(29)30/h1-12,14H,13H2. The van der Waals surface area contributed by atoms with Crippen LogP contribution in [0.4, 0.5) is 5.69 Å². The van der Waals surface area contributed by atoms with Crippen LogP contribution in [0.15, 0.2) is 86.5 Å². The second-order valence-corrected chi connectivity index (χ2v) is 7.81. The van der Waals surface area contributed by atoms with Crippen LogP contribution in [0.25, 0.3) is 6.08 Å². The maximum Gasteiger partial charge on any atom is 0.271 e. The number of halogens is 1. The molecule has 0 radical (unpaired) electrons. The monoisotopic (exact) mass is 510 g/mol. The predicted molar refractivity (Wildman–Crippen MR) is 124 cm³/mol. The summed E-state index contributed by atoms with van der Waals surface area (Å²) in [4.78, 5) is 33.8. The number of amides is 1. The van der Waals surface area contributed by atoms with Gasteiger partial charge in [0.25, 0.3) is 11.6 Å². The molecule has 0 unspecified atom stereocenters. The Morgan fingerprint density at radius 3 is 2.87 bits per heavy atom. The third-order valence-electron chi connectivity index (χ3n) is 4.50. The fraction of sp³-hybridized carbons (Fsp3) is 0.0455. The van der Waals surface area contributed by atoms with E-state index in [0.29, 0.717) is 23.8 Å². The highest BCUT2D eigenvalue weighted by atomic mass is 127. The van der Waals surface area contributed by atoms with Gasteiger partial charge in [0.1, 0.15) is 5.84 Å². The van der Waals surface area contributed by atoms with E-state index in [0.717, 1.165) is 14.7 Å². The minimum atomic E-state index is -0.492. The molecule has 0 fully saturated rings. The van der Waals surface area contributed by atoms with Crippen molar-refractivity contribution < 1.29 is 9.72 Å². The van der Waals surface area contributed by atoms with Crippen molar-refractivity contribution in [2.45, 2.75) is 6.54 Å². The van der Waals surface area contributed by atoms with Crippen LogP contribution >= 0.6 is 22.6 Å². The molecule has 0 aromatic heterocycles. The van der Waals surface area contributed by atoms with Crippen molar-refractivity contribution >= 4 is 51.9 Å². The van der Waals surface area contributed by atoms with E-state index in [1.807, 2.05) is 47.5 Å². The summed E-state index contributed by atoms with van der Waals surface area (Å²) >= 11 is 2.25. The fourth-order valence-corrected chi connectivity index (χ4v) is 3.62. The van der Waals surface area contributed by atoms with Gasteiger partial charge >= 0.3 is 0 Å². The Morgan fingerprint density at radius 1 is 1.20 bits per heavy atom. The Balaban J connectivity index is 1.67. The number of amidine groups is 2. The molecule has 0 saturated heterocycles. The molecule has 0 N–H and O–H groups in total. The zero-order chi connectivity index (χ0) is 21.1. The molecule has 2 aromatic carbocycles. The first-order valence-electron chi connectivity index (χ1n) is 9.04. The number of nitrogens with zero attached hydrogens (tertiary/aromatic N) is 4. The lowest BCUT2D eigenvalue weighted by atomic mass is 10.1. The average molecular weight is 510 g/mol. The van der Waals surface area contributed by atoms with Crippen molar-refractivity contribution in [1.82, 2.24) is 4.90 Å². The van der Waals surface area contributed by atoms with Gasteiger partial charge in [-0.05, 0) is 51.9 Å². The fourth-order valence-electron chi connectivity index (χ4n) is 3.10. The van der Waals surface area contributed by atoms with Gasteiger partial charge < -0.3 is 4.90 Å². The summed E-state index contributed by atoms with van der Waals surface area (Å²) in [5.41, 5.74) is 2.33. The van der Waals surface area contributed by atoms with Crippen LogP contribution in [0, 0.1) is 10.1 Å². The molecule has 2 aliphatic rings. The van der Waals surface area contributed by atoms with Gasteiger partial charge in [-0.1, -0.05) is 36.4 Å². The number of aliphatic imine (C=N–C) groups is 2. The first-order chi connectivity index (χ1) is 14.5. The van der Waals surface area contributed by atoms with Crippen molar-refractivity contribution in [2.75, 3.05) is 0 Å². The molecule has 4 rings (SSSR count). The molecule has 0 atom stereocenters. The lowest BCUT2D eigenvalue weighted by Crippen LogP contribution is -2.24. The van der Waals surface area contributed by atoms with Gasteiger partial charge in [-0.25, -0.2) is 4.99 Å². The molecule has 8 heteroatoms. The van der Waals surface area contributed by atoms with Gasteiger partial charge in [-0.2, -0.15) is 4.99 Å². The predicted octanol–water partition coefficient (Wildman–Crippen LogP) is 4.64. The van der Waals surface area contributed by atoms with Gasteiger partial charge in [0.15, 0.2) is 5.84 Å².